The van der Waals surface area contributed by atoms with Gasteiger partial charge in [-0.1, -0.05) is 33.6 Å². The highest BCUT2D eigenvalue weighted by molar-refractivity contribution is 5.93. The third-order valence-electron chi connectivity index (χ3n) is 5.39. The van der Waals surface area contributed by atoms with E-state index in [0.717, 1.165) is 6.54 Å². The molecule has 4 nitrogen and oxygen atoms in total. The van der Waals surface area contributed by atoms with Gasteiger partial charge in [-0.2, -0.15) is 0 Å². The second-order valence-corrected chi connectivity index (χ2v) is 6.51. The van der Waals surface area contributed by atoms with E-state index in [1.807, 2.05) is 18.7 Å². The molecule has 0 aromatic rings. The maximum absolute atomic E-state index is 12.9. The Kier molecular flexibility index (Phi) is 4.71. The number of nitrogens with one attached hydrogen (secondary N) is 1. The highest BCUT2D eigenvalue weighted by Crippen LogP contribution is 2.33. The summed E-state index contributed by atoms with van der Waals surface area (Å²) < 4.78 is 0. The number of carbonyl (C=O) groups excluding carboxylic acids is 2. The first-order chi connectivity index (χ1) is 9.52. The molecular formula is C16H28N2O2. The molecule has 0 radical (unpaired) electrons. The summed E-state index contributed by atoms with van der Waals surface area (Å²) in [5, 5.41) is 2.98. The molecule has 2 fully saturated rings. The average molecular weight is 280 g/mol. The van der Waals surface area contributed by atoms with Crippen molar-refractivity contribution in [2.24, 2.45) is 11.8 Å². The summed E-state index contributed by atoms with van der Waals surface area (Å²) in [6.07, 6.45) is 5.55. The number of amides is 2. The third-order valence-corrected chi connectivity index (χ3v) is 5.39. The molecule has 2 unspecified atom stereocenters. The number of carbonyl (C=O) groups is 2. The normalized spacial score (nSPS) is 30.2. The Morgan fingerprint density at radius 1 is 1.25 bits per heavy atom. The predicted octanol–water partition coefficient (Wildman–Crippen LogP) is 2.33. The van der Waals surface area contributed by atoms with Gasteiger partial charge in [0.25, 0.3) is 0 Å². The van der Waals surface area contributed by atoms with Crippen molar-refractivity contribution in [2.45, 2.75) is 64.8 Å². The lowest BCUT2D eigenvalue weighted by molar-refractivity contribution is -0.139. The van der Waals surface area contributed by atoms with Gasteiger partial charge in [0, 0.05) is 19.5 Å². The lowest BCUT2D eigenvalue weighted by atomic mass is 9.90. The quantitative estimate of drug-likeness (QED) is 0.859. The summed E-state index contributed by atoms with van der Waals surface area (Å²) in [5.74, 6) is 1.46. The smallest absolute Gasteiger partial charge is 0.248 e. The first-order valence-electron chi connectivity index (χ1n) is 8.12. The second-order valence-electron chi connectivity index (χ2n) is 6.51. The zero-order valence-electron chi connectivity index (χ0n) is 13.1. The van der Waals surface area contributed by atoms with Crippen molar-refractivity contribution >= 4 is 11.8 Å². The minimum absolute atomic E-state index is 0.0176. The highest BCUT2D eigenvalue weighted by atomic mass is 16.2. The van der Waals surface area contributed by atoms with Gasteiger partial charge in [-0.05, 0) is 31.1 Å². The standard InChI is InChI=1S/C16H28N2O2/c1-4-16(5-2)15(20)18(10-9-14(19)17-16)11-13-8-6-7-12(13)3/h12-13H,4-11H2,1-3H3,(H,17,19). The molecule has 2 rings (SSSR count). The van der Waals surface area contributed by atoms with Gasteiger partial charge in [-0.15, -0.1) is 0 Å². The van der Waals surface area contributed by atoms with E-state index in [2.05, 4.69) is 12.2 Å². The Balaban J connectivity index is 2.15. The molecule has 20 heavy (non-hydrogen) atoms. The van der Waals surface area contributed by atoms with Crippen LogP contribution in [0.2, 0.25) is 0 Å². The lowest BCUT2D eigenvalue weighted by Gasteiger charge is -2.35. The summed E-state index contributed by atoms with van der Waals surface area (Å²) in [4.78, 5) is 26.8. The average Bonchev–Trinajstić information content (AvgIpc) is 2.80. The van der Waals surface area contributed by atoms with Crippen LogP contribution in [0.25, 0.3) is 0 Å². The van der Waals surface area contributed by atoms with Crippen molar-refractivity contribution in [2.75, 3.05) is 13.1 Å². The molecule has 1 heterocycles. The molecule has 2 amide bonds. The van der Waals surface area contributed by atoms with Crippen LogP contribution in [0.5, 0.6) is 0 Å². The van der Waals surface area contributed by atoms with E-state index in [0.29, 0.717) is 37.6 Å². The van der Waals surface area contributed by atoms with Gasteiger partial charge in [0.15, 0.2) is 0 Å². The molecule has 1 saturated heterocycles. The molecule has 1 N–H and O–H groups in total. The van der Waals surface area contributed by atoms with Gasteiger partial charge in [0.1, 0.15) is 5.54 Å². The third kappa shape index (κ3) is 2.84. The number of nitrogens with zero attached hydrogens (tertiary/aromatic N) is 1. The molecule has 0 aromatic carbocycles. The Hall–Kier alpha value is -1.06. The Morgan fingerprint density at radius 3 is 2.50 bits per heavy atom. The maximum Gasteiger partial charge on any atom is 0.248 e. The van der Waals surface area contributed by atoms with E-state index in [1.54, 1.807) is 0 Å². The van der Waals surface area contributed by atoms with E-state index in [4.69, 9.17) is 0 Å². The van der Waals surface area contributed by atoms with Crippen molar-refractivity contribution in [1.82, 2.24) is 10.2 Å². The van der Waals surface area contributed by atoms with E-state index < -0.39 is 5.54 Å². The second kappa shape index (κ2) is 6.15. The van der Waals surface area contributed by atoms with Crippen LogP contribution in [-0.2, 0) is 9.59 Å². The summed E-state index contributed by atoms with van der Waals surface area (Å²) in [5.41, 5.74) is -0.671. The SMILES string of the molecule is CCC1(CC)NC(=O)CCN(CC2CCCC2C)C1=O. The fraction of sp³-hybridized carbons (Fsp3) is 0.875. The first-order valence-corrected chi connectivity index (χ1v) is 8.12. The highest BCUT2D eigenvalue weighted by Gasteiger charge is 2.42. The van der Waals surface area contributed by atoms with Gasteiger partial charge in [-0.3, -0.25) is 9.59 Å². The molecule has 0 aromatic heterocycles. The summed E-state index contributed by atoms with van der Waals surface area (Å²) in [6, 6.07) is 0. The molecule has 0 spiro atoms. The van der Waals surface area contributed by atoms with E-state index in [9.17, 15) is 9.59 Å². The van der Waals surface area contributed by atoms with Crippen LogP contribution >= 0.6 is 0 Å². The fourth-order valence-corrected chi connectivity index (χ4v) is 3.70. The van der Waals surface area contributed by atoms with Crippen molar-refractivity contribution < 1.29 is 9.59 Å². The Morgan fingerprint density at radius 2 is 1.95 bits per heavy atom. The van der Waals surface area contributed by atoms with Gasteiger partial charge in [0.2, 0.25) is 11.8 Å². The Labute approximate surface area is 122 Å². The Bertz CT molecular complexity index is 377. The van der Waals surface area contributed by atoms with Gasteiger partial charge in [0.05, 0.1) is 0 Å². The van der Waals surface area contributed by atoms with Crippen molar-refractivity contribution in [3.63, 3.8) is 0 Å². The topological polar surface area (TPSA) is 49.4 Å². The van der Waals surface area contributed by atoms with Crippen LogP contribution in [0.1, 0.15) is 59.3 Å². The molecule has 1 saturated carbocycles. The van der Waals surface area contributed by atoms with Crippen molar-refractivity contribution in [3.8, 4) is 0 Å². The molecule has 0 bridgehead atoms. The van der Waals surface area contributed by atoms with Crippen molar-refractivity contribution in [1.29, 1.82) is 0 Å². The van der Waals surface area contributed by atoms with Gasteiger partial charge in [-0.25, -0.2) is 0 Å². The zero-order valence-corrected chi connectivity index (χ0v) is 13.1. The van der Waals surface area contributed by atoms with Crippen LogP contribution < -0.4 is 5.32 Å². The van der Waals surface area contributed by atoms with Crippen LogP contribution in [0.3, 0.4) is 0 Å². The molecular weight excluding hydrogens is 252 g/mol. The van der Waals surface area contributed by atoms with E-state index >= 15 is 0 Å². The predicted molar refractivity (Wildman–Crippen MR) is 79.2 cm³/mol. The summed E-state index contributed by atoms with van der Waals surface area (Å²) in [6.45, 7) is 7.68. The molecule has 4 heteroatoms. The van der Waals surface area contributed by atoms with E-state index in [-0.39, 0.29) is 11.8 Å². The summed E-state index contributed by atoms with van der Waals surface area (Å²) >= 11 is 0. The van der Waals surface area contributed by atoms with Crippen LogP contribution in [-0.4, -0.2) is 35.3 Å². The minimum atomic E-state index is -0.671. The minimum Gasteiger partial charge on any atom is -0.342 e. The fourth-order valence-electron chi connectivity index (χ4n) is 3.70. The number of hydrogen-bond donors (Lipinski definition) is 1. The van der Waals surface area contributed by atoms with Crippen LogP contribution in [0.15, 0.2) is 0 Å². The van der Waals surface area contributed by atoms with Crippen LogP contribution in [0.4, 0.5) is 0 Å². The molecule has 1 aliphatic heterocycles. The number of rotatable bonds is 4. The molecule has 1 aliphatic carbocycles. The van der Waals surface area contributed by atoms with Gasteiger partial charge >= 0.3 is 0 Å². The zero-order chi connectivity index (χ0) is 14.8. The van der Waals surface area contributed by atoms with Gasteiger partial charge < -0.3 is 10.2 Å². The summed E-state index contributed by atoms with van der Waals surface area (Å²) in [7, 11) is 0. The molecule has 2 aliphatic rings. The van der Waals surface area contributed by atoms with Crippen molar-refractivity contribution in [3.05, 3.63) is 0 Å². The monoisotopic (exact) mass is 280 g/mol. The maximum atomic E-state index is 12.9. The largest absolute Gasteiger partial charge is 0.342 e. The first kappa shape index (κ1) is 15.3. The van der Waals surface area contributed by atoms with E-state index in [1.165, 1.54) is 19.3 Å². The molecule has 2 atom stereocenters. The number of hydrogen-bond acceptors (Lipinski definition) is 2. The lowest BCUT2D eigenvalue weighted by Crippen LogP contribution is -2.57. The molecule has 114 valence electrons. The van der Waals surface area contributed by atoms with Crippen LogP contribution in [0, 0.1) is 11.8 Å².